The van der Waals surface area contributed by atoms with E-state index in [1.54, 1.807) is 0 Å². The number of nitrogens with one attached hydrogen (secondary N) is 1. The van der Waals surface area contributed by atoms with Gasteiger partial charge < -0.3 is 20.1 Å². The first-order chi connectivity index (χ1) is 23.8. The van der Waals surface area contributed by atoms with Crippen LogP contribution in [-0.4, -0.2) is 54.3 Å². The number of esters is 1. The zero-order chi connectivity index (χ0) is 36.1. The van der Waals surface area contributed by atoms with Crippen LogP contribution >= 0.6 is 7.82 Å². The molecule has 2 atom stereocenters. The Morgan fingerprint density at radius 1 is 0.633 bits per heavy atom. The summed E-state index contributed by atoms with van der Waals surface area (Å²) in [6, 6.07) is 0. The Kier molecular flexibility index (Phi) is 34.3. The first kappa shape index (κ1) is 47.0. The number of rotatable bonds is 35. The van der Waals surface area contributed by atoms with Crippen molar-refractivity contribution in [2.45, 2.75) is 161 Å². The van der Waals surface area contributed by atoms with Crippen LogP contribution < -0.4 is 5.32 Å². The van der Waals surface area contributed by atoms with Crippen LogP contribution in [0, 0.1) is 0 Å². The SMILES string of the molecule is CCCCC/C=C\C/C=C\C/C=C\C/C=C\CCCCCCCCCC(=O)NCCOP(=O)(O)OCC(O)COC(=O)CCCCCCC. The van der Waals surface area contributed by atoms with Crippen molar-refractivity contribution in [1.29, 1.82) is 0 Å². The molecule has 10 heteroatoms. The van der Waals surface area contributed by atoms with Crippen LogP contribution in [0.1, 0.15) is 155 Å². The summed E-state index contributed by atoms with van der Waals surface area (Å²) >= 11 is 0. The Labute approximate surface area is 298 Å². The van der Waals surface area contributed by atoms with Crippen molar-refractivity contribution in [2.75, 3.05) is 26.4 Å². The lowest BCUT2D eigenvalue weighted by Crippen LogP contribution is -2.27. The highest BCUT2D eigenvalue weighted by Gasteiger charge is 2.23. The third kappa shape index (κ3) is 37.1. The molecule has 284 valence electrons. The monoisotopic (exact) mass is 711 g/mol. The summed E-state index contributed by atoms with van der Waals surface area (Å²) in [6.07, 6.45) is 39.5. The van der Waals surface area contributed by atoms with Crippen molar-refractivity contribution in [3.8, 4) is 0 Å². The summed E-state index contributed by atoms with van der Waals surface area (Å²) in [6.45, 7) is 3.38. The van der Waals surface area contributed by atoms with Crippen LogP contribution in [0.3, 0.4) is 0 Å². The van der Waals surface area contributed by atoms with Gasteiger partial charge in [-0.1, -0.05) is 133 Å². The van der Waals surface area contributed by atoms with E-state index in [0.29, 0.717) is 6.42 Å². The number of ether oxygens (including phenoxy) is 1. The molecule has 0 aromatic carbocycles. The minimum Gasteiger partial charge on any atom is -0.463 e. The number of unbranched alkanes of at least 4 members (excludes halogenated alkanes) is 14. The highest BCUT2D eigenvalue weighted by atomic mass is 31.2. The lowest BCUT2D eigenvalue weighted by Gasteiger charge is -2.15. The van der Waals surface area contributed by atoms with Crippen LogP contribution in [0.5, 0.6) is 0 Å². The third-order valence-corrected chi connectivity index (χ3v) is 8.75. The number of hydrogen-bond donors (Lipinski definition) is 3. The molecule has 0 rings (SSSR count). The van der Waals surface area contributed by atoms with Crippen molar-refractivity contribution >= 4 is 19.7 Å². The zero-order valence-corrected chi connectivity index (χ0v) is 31.8. The molecule has 0 aromatic rings. The molecule has 0 saturated heterocycles. The molecule has 0 aliphatic rings. The number of phosphoric acid groups is 1. The van der Waals surface area contributed by atoms with E-state index < -0.39 is 26.5 Å². The van der Waals surface area contributed by atoms with Crippen molar-refractivity contribution in [3.05, 3.63) is 48.6 Å². The second kappa shape index (κ2) is 35.8. The molecule has 0 spiro atoms. The predicted molar refractivity (Wildman–Crippen MR) is 201 cm³/mol. The lowest BCUT2D eigenvalue weighted by molar-refractivity contribution is -0.147. The van der Waals surface area contributed by atoms with Gasteiger partial charge in [0.05, 0.1) is 13.2 Å². The molecule has 2 unspecified atom stereocenters. The van der Waals surface area contributed by atoms with E-state index >= 15 is 0 Å². The molecule has 1 amide bonds. The number of carbonyl (C=O) groups is 2. The van der Waals surface area contributed by atoms with Crippen molar-refractivity contribution in [2.24, 2.45) is 0 Å². The average molecular weight is 712 g/mol. The lowest BCUT2D eigenvalue weighted by atomic mass is 10.1. The normalized spacial score (nSPS) is 14.0. The Morgan fingerprint density at radius 3 is 1.69 bits per heavy atom. The van der Waals surface area contributed by atoms with Gasteiger partial charge in [0.2, 0.25) is 5.91 Å². The first-order valence-electron chi connectivity index (χ1n) is 19.1. The Morgan fingerprint density at radius 2 is 1.10 bits per heavy atom. The summed E-state index contributed by atoms with van der Waals surface area (Å²) < 4.78 is 26.6. The van der Waals surface area contributed by atoms with Gasteiger partial charge >= 0.3 is 13.8 Å². The van der Waals surface area contributed by atoms with Gasteiger partial charge in [0.1, 0.15) is 12.7 Å². The zero-order valence-electron chi connectivity index (χ0n) is 30.9. The second-order valence-electron chi connectivity index (χ2n) is 12.6. The van der Waals surface area contributed by atoms with Gasteiger partial charge in [0, 0.05) is 19.4 Å². The van der Waals surface area contributed by atoms with Gasteiger partial charge in [0.15, 0.2) is 0 Å². The summed E-state index contributed by atoms with van der Waals surface area (Å²) in [5.41, 5.74) is 0. The van der Waals surface area contributed by atoms with Crippen LogP contribution in [0.25, 0.3) is 0 Å². The van der Waals surface area contributed by atoms with E-state index in [1.807, 2.05) is 0 Å². The molecule has 0 heterocycles. The fraction of sp³-hybridized carbons (Fsp3) is 0.744. The van der Waals surface area contributed by atoms with Gasteiger partial charge in [-0.2, -0.15) is 0 Å². The smallest absolute Gasteiger partial charge is 0.463 e. The molecule has 49 heavy (non-hydrogen) atoms. The standard InChI is InChI=1S/C39H70NO8P/c1-3-5-7-9-10-11-12-13-14-15-16-17-18-19-20-21-22-23-24-25-26-28-29-31-38(42)40-33-34-47-49(44,45)48-36-37(41)35-46-39(43)32-30-27-8-6-4-2/h10-11,13-14,16-17,19-20,37,41H,3-9,12,15,18,21-36H2,1-2H3,(H,40,42)(H,44,45)/b11-10-,14-13-,17-16-,20-19-. The number of phosphoric ester groups is 1. The van der Waals surface area contributed by atoms with Crippen molar-refractivity contribution < 1.29 is 37.9 Å². The molecule has 9 nitrogen and oxygen atoms in total. The van der Waals surface area contributed by atoms with E-state index in [9.17, 15) is 24.2 Å². The molecule has 3 N–H and O–H groups in total. The van der Waals surface area contributed by atoms with Crippen molar-refractivity contribution in [3.63, 3.8) is 0 Å². The van der Waals surface area contributed by atoms with Gasteiger partial charge in [-0.05, 0) is 57.8 Å². The van der Waals surface area contributed by atoms with E-state index in [0.717, 1.165) is 77.0 Å². The van der Waals surface area contributed by atoms with E-state index in [4.69, 9.17) is 13.8 Å². The highest BCUT2D eigenvalue weighted by Crippen LogP contribution is 2.42. The molecule has 0 aromatic heterocycles. The molecule has 0 aliphatic carbocycles. The summed E-state index contributed by atoms with van der Waals surface area (Å²) in [4.78, 5) is 33.5. The van der Waals surface area contributed by atoms with Gasteiger partial charge in [-0.15, -0.1) is 0 Å². The van der Waals surface area contributed by atoms with Crippen LogP contribution in [-0.2, 0) is 27.9 Å². The maximum atomic E-state index is 12.0. The number of allylic oxidation sites excluding steroid dienone is 8. The van der Waals surface area contributed by atoms with Crippen molar-refractivity contribution in [1.82, 2.24) is 5.32 Å². The quantitative estimate of drug-likeness (QED) is 0.0256. The van der Waals surface area contributed by atoms with E-state index in [1.165, 1.54) is 51.4 Å². The first-order valence-corrected chi connectivity index (χ1v) is 20.6. The number of aliphatic hydroxyl groups is 1. The predicted octanol–water partition coefficient (Wildman–Crippen LogP) is 9.99. The van der Waals surface area contributed by atoms with Gasteiger partial charge in [-0.3, -0.25) is 18.6 Å². The second-order valence-corrected chi connectivity index (χ2v) is 14.0. The fourth-order valence-corrected chi connectivity index (χ4v) is 5.59. The number of amides is 1. The topological polar surface area (TPSA) is 131 Å². The molecule has 0 fully saturated rings. The molecular weight excluding hydrogens is 641 g/mol. The molecule has 0 saturated carbocycles. The largest absolute Gasteiger partial charge is 0.472 e. The van der Waals surface area contributed by atoms with E-state index in [-0.39, 0.29) is 32.1 Å². The maximum Gasteiger partial charge on any atom is 0.472 e. The highest BCUT2D eigenvalue weighted by molar-refractivity contribution is 7.47. The number of aliphatic hydroxyl groups excluding tert-OH is 1. The molecule has 0 bridgehead atoms. The molecular formula is C39H70NO8P. The Bertz CT molecular complexity index is 949. The summed E-state index contributed by atoms with van der Waals surface area (Å²) in [5.74, 6) is -0.543. The van der Waals surface area contributed by atoms with Gasteiger partial charge in [0.25, 0.3) is 0 Å². The van der Waals surface area contributed by atoms with Gasteiger partial charge in [-0.25, -0.2) is 4.57 Å². The summed E-state index contributed by atoms with van der Waals surface area (Å²) in [5, 5.41) is 12.5. The minimum atomic E-state index is -4.40. The number of carbonyl (C=O) groups excluding carboxylic acids is 2. The van der Waals surface area contributed by atoms with Crippen LogP contribution in [0.4, 0.5) is 0 Å². The minimum absolute atomic E-state index is 0.0740. The van der Waals surface area contributed by atoms with Crippen LogP contribution in [0.2, 0.25) is 0 Å². The number of hydrogen-bond acceptors (Lipinski definition) is 7. The summed E-state index contributed by atoms with van der Waals surface area (Å²) in [7, 11) is -4.40. The van der Waals surface area contributed by atoms with Crippen LogP contribution in [0.15, 0.2) is 48.6 Å². The average Bonchev–Trinajstić information content (AvgIpc) is 3.08. The van der Waals surface area contributed by atoms with E-state index in [2.05, 4.69) is 67.8 Å². The maximum absolute atomic E-state index is 12.0. The fourth-order valence-electron chi connectivity index (χ4n) is 4.83. The third-order valence-electron chi connectivity index (χ3n) is 7.76. The Hall–Kier alpha value is -2.03. The molecule has 0 aliphatic heterocycles. The molecule has 0 radical (unpaired) electrons. The Balaban J connectivity index is 3.61.